The van der Waals surface area contributed by atoms with E-state index in [0.717, 1.165) is 0 Å². The number of hydrogen-bond donors (Lipinski definition) is 1. The molecule has 1 aromatic carbocycles. The van der Waals surface area contributed by atoms with Crippen LogP contribution in [0.25, 0.3) is 0 Å². The Morgan fingerprint density at radius 1 is 1.27 bits per heavy atom. The number of rotatable bonds is 2. The van der Waals surface area contributed by atoms with Gasteiger partial charge in [0.1, 0.15) is 0 Å². The Bertz CT molecular complexity index is 480. The fourth-order valence-electron chi connectivity index (χ4n) is 1.13. The van der Waals surface area contributed by atoms with Gasteiger partial charge in [-0.1, -0.05) is 12.1 Å². The number of carbonyl (C=O) groups excluding carboxylic acids is 1. The number of nitrogens with two attached hydrogens (primary N) is 1. The minimum Gasteiger partial charge on any atom is -0.345 e. The number of nitrogens with zero attached hydrogens (tertiary/aromatic N) is 1. The maximum Gasteiger partial charge on any atom is 0.254 e. The van der Waals surface area contributed by atoms with Crippen LogP contribution in [0.15, 0.2) is 29.2 Å². The molecule has 0 aliphatic heterocycles. The largest absolute Gasteiger partial charge is 0.345 e. The van der Waals surface area contributed by atoms with Crippen molar-refractivity contribution in [1.29, 1.82) is 0 Å². The molecule has 6 heteroatoms. The highest BCUT2D eigenvalue weighted by molar-refractivity contribution is 7.89. The molecule has 0 fully saturated rings. The number of primary sulfonamides is 1. The summed E-state index contributed by atoms with van der Waals surface area (Å²) in [5, 5.41) is 5.00. The van der Waals surface area contributed by atoms with Crippen LogP contribution in [-0.2, 0) is 10.0 Å². The Kier molecular flexibility index (Phi) is 3.11. The number of amides is 1. The summed E-state index contributed by atoms with van der Waals surface area (Å²) in [5.74, 6) is -0.389. The fourth-order valence-corrected chi connectivity index (χ4v) is 1.86. The molecule has 1 aromatic rings. The van der Waals surface area contributed by atoms with E-state index in [0.29, 0.717) is 0 Å². The van der Waals surface area contributed by atoms with Crippen LogP contribution in [-0.4, -0.2) is 33.3 Å². The minimum absolute atomic E-state index is 0.0880. The molecule has 0 unspecified atom stereocenters. The van der Waals surface area contributed by atoms with Crippen molar-refractivity contribution in [1.82, 2.24) is 4.90 Å². The van der Waals surface area contributed by atoms with Crippen LogP contribution in [0.3, 0.4) is 0 Å². The Labute approximate surface area is 88.5 Å². The van der Waals surface area contributed by atoms with Gasteiger partial charge in [-0.3, -0.25) is 4.79 Å². The molecule has 0 bridgehead atoms. The van der Waals surface area contributed by atoms with Crippen LogP contribution >= 0.6 is 0 Å². The first-order valence-corrected chi connectivity index (χ1v) is 5.72. The van der Waals surface area contributed by atoms with Gasteiger partial charge in [0.05, 0.1) is 10.5 Å². The van der Waals surface area contributed by atoms with Crippen molar-refractivity contribution in [3.63, 3.8) is 0 Å². The zero-order valence-corrected chi connectivity index (χ0v) is 9.28. The minimum atomic E-state index is -3.86. The molecule has 0 saturated heterocycles. The summed E-state index contributed by atoms with van der Waals surface area (Å²) in [6.45, 7) is 0. The van der Waals surface area contributed by atoms with E-state index in [9.17, 15) is 13.2 Å². The third kappa shape index (κ3) is 2.54. The molecular weight excluding hydrogens is 216 g/mol. The van der Waals surface area contributed by atoms with E-state index in [1.807, 2.05) is 0 Å². The lowest BCUT2D eigenvalue weighted by atomic mass is 10.2. The number of carbonyl (C=O) groups is 1. The number of hydrogen-bond acceptors (Lipinski definition) is 3. The third-order valence-corrected chi connectivity index (χ3v) is 2.80. The van der Waals surface area contributed by atoms with Gasteiger partial charge in [-0.15, -0.1) is 0 Å². The quantitative estimate of drug-likeness (QED) is 0.775. The summed E-state index contributed by atoms with van der Waals surface area (Å²) in [4.78, 5) is 12.8. The zero-order valence-electron chi connectivity index (χ0n) is 8.47. The predicted molar refractivity (Wildman–Crippen MR) is 55.8 cm³/mol. The highest BCUT2D eigenvalue weighted by Crippen LogP contribution is 2.14. The van der Waals surface area contributed by atoms with E-state index in [1.54, 1.807) is 20.2 Å². The summed E-state index contributed by atoms with van der Waals surface area (Å²) >= 11 is 0. The van der Waals surface area contributed by atoms with Crippen molar-refractivity contribution >= 4 is 15.9 Å². The van der Waals surface area contributed by atoms with Crippen LogP contribution in [0.1, 0.15) is 10.4 Å². The monoisotopic (exact) mass is 228 g/mol. The maximum atomic E-state index is 11.6. The van der Waals surface area contributed by atoms with Crippen LogP contribution in [0.4, 0.5) is 0 Å². The van der Waals surface area contributed by atoms with Crippen LogP contribution in [0.2, 0.25) is 0 Å². The molecule has 0 atom stereocenters. The van der Waals surface area contributed by atoms with Gasteiger partial charge in [0.2, 0.25) is 10.0 Å². The fraction of sp³-hybridized carbons (Fsp3) is 0.222. The molecule has 0 heterocycles. The molecule has 0 aromatic heterocycles. The van der Waals surface area contributed by atoms with E-state index in [4.69, 9.17) is 5.14 Å². The molecule has 0 aliphatic carbocycles. The Morgan fingerprint density at radius 2 is 1.80 bits per heavy atom. The van der Waals surface area contributed by atoms with Gasteiger partial charge < -0.3 is 4.90 Å². The molecule has 0 spiro atoms. The first kappa shape index (κ1) is 11.7. The molecule has 5 nitrogen and oxygen atoms in total. The molecule has 1 rings (SSSR count). The molecule has 15 heavy (non-hydrogen) atoms. The molecule has 82 valence electrons. The Morgan fingerprint density at radius 3 is 2.27 bits per heavy atom. The second-order valence-corrected chi connectivity index (χ2v) is 4.77. The normalized spacial score (nSPS) is 11.1. The van der Waals surface area contributed by atoms with E-state index in [-0.39, 0.29) is 16.4 Å². The van der Waals surface area contributed by atoms with Gasteiger partial charge in [-0.25, -0.2) is 13.6 Å². The summed E-state index contributed by atoms with van der Waals surface area (Å²) in [5.41, 5.74) is 0.0880. The van der Waals surface area contributed by atoms with Crippen molar-refractivity contribution in [2.75, 3.05) is 14.1 Å². The highest BCUT2D eigenvalue weighted by atomic mass is 32.2. The van der Waals surface area contributed by atoms with Crippen molar-refractivity contribution < 1.29 is 13.2 Å². The summed E-state index contributed by atoms with van der Waals surface area (Å²) in [7, 11) is -0.772. The first-order chi connectivity index (χ1) is 6.84. The van der Waals surface area contributed by atoms with Gasteiger partial charge in [-0.05, 0) is 12.1 Å². The summed E-state index contributed by atoms with van der Waals surface area (Å²) < 4.78 is 22.4. The van der Waals surface area contributed by atoms with Gasteiger partial charge in [0.15, 0.2) is 0 Å². The maximum absolute atomic E-state index is 11.6. The lowest BCUT2D eigenvalue weighted by Crippen LogP contribution is -2.25. The molecule has 0 saturated carbocycles. The predicted octanol–water partition coefficient (Wildman–Crippen LogP) is 0.0358. The van der Waals surface area contributed by atoms with E-state index in [2.05, 4.69) is 0 Å². The van der Waals surface area contributed by atoms with Gasteiger partial charge in [0, 0.05) is 14.1 Å². The summed E-state index contributed by atoms with van der Waals surface area (Å²) in [6.07, 6.45) is 0. The lowest BCUT2D eigenvalue weighted by molar-refractivity contribution is 0.0824. The molecule has 1 amide bonds. The number of sulfonamides is 1. The van der Waals surface area contributed by atoms with Crippen molar-refractivity contribution in [3.05, 3.63) is 29.8 Å². The molecule has 2 N–H and O–H groups in total. The van der Waals surface area contributed by atoms with Crippen LogP contribution < -0.4 is 5.14 Å². The van der Waals surface area contributed by atoms with E-state index < -0.39 is 10.0 Å². The van der Waals surface area contributed by atoms with Gasteiger partial charge >= 0.3 is 0 Å². The standard InChI is InChI=1S/C9H12N2O3S/c1-11(2)9(12)7-5-3-4-6-8(7)15(10,13)14/h3-6H,1-2H3,(H2,10,13,14). The zero-order chi connectivity index (χ0) is 11.6. The van der Waals surface area contributed by atoms with Crippen molar-refractivity contribution in [2.45, 2.75) is 4.90 Å². The number of benzene rings is 1. The van der Waals surface area contributed by atoms with E-state index >= 15 is 0 Å². The highest BCUT2D eigenvalue weighted by Gasteiger charge is 2.19. The molecular formula is C9H12N2O3S. The second-order valence-electron chi connectivity index (χ2n) is 3.24. The average molecular weight is 228 g/mol. The second kappa shape index (κ2) is 4.00. The van der Waals surface area contributed by atoms with Crippen molar-refractivity contribution in [3.8, 4) is 0 Å². The lowest BCUT2D eigenvalue weighted by Gasteiger charge is -2.12. The Balaban J connectivity index is 3.38. The third-order valence-electron chi connectivity index (χ3n) is 1.83. The Hall–Kier alpha value is -1.40. The first-order valence-electron chi connectivity index (χ1n) is 4.17. The van der Waals surface area contributed by atoms with Crippen molar-refractivity contribution in [2.24, 2.45) is 5.14 Å². The smallest absolute Gasteiger partial charge is 0.254 e. The van der Waals surface area contributed by atoms with Crippen LogP contribution in [0.5, 0.6) is 0 Å². The van der Waals surface area contributed by atoms with E-state index in [1.165, 1.54) is 23.1 Å². The SMILES string of the molecule is CN(C)C(=O)c1ccccc1S(N)(=O)=O. The summed E-state index contributed by atoms with van der Waals surface area (Å²) in [6, 6.07) is 5.85. The van der Waals surface area contributed by atoms with Crippen LogP contribution in [0, 0.1) is 0 Å². The molecule has 0 radical (unpaired) electrons. The topological polar surface area (TPSA) is 80.5 Å². The van der Waals surface area contributed by atoms with Gasteiger partial charge in [-0.2, -0.15) is 0 Å². The average Bonchev–Trinajstić information content (AvgIpc) is 2.15. The molecule has 0 aliphatic rings. The van der Waals surface area contributed by atoms with Gasteiger partial charge in [0.25, 0.3) is 5.91 Å².